The minimum absolute atomic E-state index is 0.405. The minimum atomic E-state index is 0.405. The second kappa shape index (κ2) is 10.1. The van der Waals surface area contributed by atoms with Crippen molar-refractivity contribution < 1.29 is 9.47 Å². The zero-order valence-electron chi connectivity index (χ0n) is 16.2. The quantitative estimate of drug-likeness (QED) is 0.592. The zero-order valence-corrected chi connectivity index (χ0v) is 16.9. The van der Waals surface area contributed by atoms with Gasteiger partial charge < -0.3 is 14.8 Å². The lowest BCUT2D eigenvalue weighted by Crippen LogP contribution is -2.46. The number of rotatable bonds is 10. The van der Waals surface area contributed by atoms with Gasteiger partial charge in [-0.1, -0.05) is 37.6 Å². The molecule has 0 aliphatic carbocycles. The van der Waals surface area contributed by atoms with Crippen LogP contribution in [0.4, 0.5) is 0 Å². The van der Waals surface area contributed by atoms with E-state index in [4.69, 9.17) is 21.1 Å². The Morgan fingerprint density at radius 1 is 1.22 bits per heavy atom. The molecule has 27 heavy (non-hydrogen) atoms. The summed E-state index contributed by atoms with van der Waals surface area (Å²) in [6, 6.07) is 10.4. The highest BCUT2D eigenvalue weighted by atomic mass is 35.5. The number of ether oxygens (including phenoxy) is 2. The Kier molecular flexibility index (Phi) is 7.50. The first kappa shape index (κ1) is 20.1. The molecule has 1 fully saturated rings. The van der Waals surface area contributed by atoms with E-state index in [2.05, 4.69) is 30.2 Å². The third-order valence-corrected chi connectivity index (χ3v) is 5.64. The summed E-state index contributed by atoms with van der Waals surface area (Å²) in [5, 5.41) is 4.10. The van der Waals surface area contributed by atoms with Crippen LogP contribution >= 0.6 is 11.6 Å². The fraction of sp³-hybridized carbons (Fsp3) is 0.500. The highest BCUT2D eigenvalue weighted by molar-refractivity contribution is 6.30. The maximum atomic E-state index is 5.91. The van der Waals surface area contributed by atoms with Crippen LogP contribution in [0.5, 0.6) is 5.75 Å². The maximum Gasteiger partial charge on any atom is 0.137 e. The first-order valence-corrected chi connectivity index (χ1v) is 10.1. The monoisotopic (exact) mass is 388 g/mol. The van der Waals surface area contributed by atoms with Crippen LogP contribution in [0.3, 0.4) is 0 Å². The number of hydrogen-bond acceptors (Lipinski definition) is 4. The molecule has 4 nitrogen and oxygen atoms in total. The maximum absolute atomic E-state index is 5.91. The summed E-state index contributed by atoms with van der Waals surface area (Å²) in [7, 11) is 0. The van der Waals surface area contributed by atoms with Crippen molar-refractivity contribution in [1.82, 2.24) is 10.3 Å². The number of nitrogens with one attached hydrogen (secondary N) is 1. The van der Waals surface area contributed by atoms with Crippen molar-refractivity contribution in [2.75, 3.05) is 19.8 Å². The van der Waals surface area contributed by atoms with Gasteiger partial charge in [0.25, 0.3) is 0 Å². The zero-order chi connectivity index (χ0) is 19.1. The van der Waals surface area contributed by atoms with E-state index in [-0.39, 0.29) is 0 Å². The first-order valence-electron chi connectivity index (χ1n) is 9.75. The van der Waals surface area contributed by atoms with Crippen molar-refractivity contribution in [2.45, 2.75) is 45.3 Å². The molecule has 3 atom stereocenters. The van der Waals surface area contributed by atoms with Crippen molar-refractivity contribution in [2.24, 2.45) is 5.92 Å². The lowest BCUT2D eigenvalue weighted by Gasteiger charge is -2.27. The van der Waals surface area contributed by atoms with Gasteiger partial charge in [-0.25, -0.2) is 0 Å². The summed E-state index contributed by atoms with van der Waals surface area (Å²) in [6.45, 7) is 7.69. The van der Waals surface area contributed by atoms with Crippen LogP contribution in [-0.4, -0.2) is 30.8 Å². The van der Waals surface area contributed by atoms with Gasteiger partial charge in [-0.05, 0) is 60.5 Å². The van der Waals surface area contributed by atoms with Gasteiger partial charge in [-0.2, -0.15) is 0 Å². The summed E-state index contributed by atoms with van der Waals surface area (Å²) in [4.78, 5) is 4.37. The summed E-state index contributed by atoms with van der Waals surface area (Å²) in [6.07, 6.45) is 5.95. The lowest BCUT2D eigenvalue weighted by atomic mass is 9.88. The predicted molar refractivity (Wildman–Crippen MR) is 109 cm³/mol. The van der Waals surface area contributed by atoms with Crippen LogP contribution in [0.2, 0.25) is 5.02 Å². The normalized spacial score (nSPS) is 18.6. The Bertz CT molecular complexity index is 704. The molecule has 3 rings (SSSR count). The lowest BCUT2D eigenvalue weighted by molar-refractivity contribution is 0.106. The number of hydrogen-bond donors (Lipinski definition) is 1. The van der Waals surface area contributed by atoms with Crippen molar-refractivity contribution in [3.05, 3.63) is 58.9 Å². The van der Waals surface area contributed by atoms with Crippen LogP contribution in [0.25, 0.3) is 0 Å². The van der Waals surface area contributed by atoms with Crippen LogP contribution in [0.1, 0.15) is 43.7 Å². The molecular weight excluding hydrogens is 360 g/mol. The largest absolute Gasteiger partial charge is 0.490 e. The molecule has 0 amide bonds. The molecule has 1 saturated heterocycles. The van der Waals surface area contributed by atoms with E-state index >= 15 is 0 Å². The molecule has 1 aromatic heterocycles. The molecule has 0 bridgehead atoms. The van der Waals surface area contributed by atoms with E-state index in [1.165, 1.54) is 12.0 Å². The Balaban J connectivity index is 1.42. The first-order chi connectivity index (χ1) is 13.1. The number of pyridine rings is 1. The van der Waals surface area contributed by atoms with E-state index < -0.39 is 0 Å². The molecule has 5 heteroatoms. The second-order valence-electron chi connectivity index (χ2n) is 7.44. The van der Waals surface area contributed by atoms with Crippen molar-refractivity contribution >= 4 is 11.6 Å². The Labute approximate surface area is 167 Å². The summed E-state index contributed by atoms with van der Waals surface area (Å²) in [5.74, 6) is 1.77. The van der Waals surface area contributed by atoms with Gasteiger partial charge in [0.05, 0.1) is 12.8 Å². The third kappa shape index (κ3) is 6.20. The van der Waals surface area contributed by atoms with Crippen molar-refractivity contribution in [3.63, 3.8) is 0 Å². The predicted octanol–water partition coefficient (Wildman–Crippen LogP) is 4.82. The molecule has 1 aliphatic rings. The molecular formula is C22H29ClN2O2. The van der Waals surface area contributed by atoms with Gasteiger partial charge in [0.1, 0.15) is 12.4 Å². The number of aromatic nitrogens is 1. The van der Waals surface area contributed by atoms with Gasteiger partial charge in [0.15, 0.2) is 0 Å². The Morgan fingerprint density at radius 3 is 2.70 bits per heavy atom. The SMILES string of the molecule is C[C@H](CCOCc1ccc(Cl)cc1)[C@H](C)c1cncc(OC[C@@H]2CCN2)c1. The second-order valence-corrected chi connectivity index (χ2v) is 7.87. The highest BCUT2D eigenvalue weighted by Crippen LogP contribution is 2.28. The van der Waals surface area contributed by atoms with E-state index in [0.29, 0.717) is 31.1 Å². The fourth-order valence-electron chi connectivity index (χ4n) is 3.07. The molecule has 1 aromatic carbocycles. The fourth-order valence-corrected chi connectivity index (χ4v) is 3.20. The molecule has 2 heterocycles. The van der Waals surface area contributed by atoms with Gasteiger partial charge in [0, 0.05) is 23.9 Å². The van der Waals surface area contributed by atoms with E-state index in [9.17, 15) is 0 Å². The standard InChI is InChI=1S/C22H29ClN2O2/c1-16(8-10-26-14-18-3-5-20(23)6-4-18)17(2)19-11-22(13-24-12-19)27-15-21-7-9-25-21/h3-6,11-13,16-17,21,25H,7-10,14-15H2,1-2H3/t16-,17+,21+/m1/s1. The van der Waals surface area contributed by atoms with Crippen LogP contribution < -0.4 is 10.1 Å². The van der Waals surface area contributed by atoms with Crippen LogP contribution in [0, 0.1) is 5.92 Å². The third-order valence-electron chi connectivity index (χ3n) is 5.39. The molecule has 0 spiro atoms. The summed E-state index contributed by atoms with van der Waals surface area (Å²) >= 11 is 5.91. The van der Waals surface area contributed by atoms with E-state index in [1.807, 2.05) is 30.5 Å². The summed E-state index contributed by atoms with van der Waals surface area (Å²) < 4.78 is 11.7. The Hall–Kier alpha value is -1.62. The van der Waals surface area contributed by atoms with Gasteiger partial charge in [-0.15, -0.1) is 0 Å². The smallest absolute Gasteiger partial charge is 0.137 e. The average Bonchev–Trinajstić information content (AvgIpc) is 2.65. The minimum Gasteiger partial charge on any atom is -0.490 e. The van der Waals surface area contributed by atoms with Crippen LogP contribution in [0.15, 0.2) is 42.7 Å². The van der Waals surface area contributed by atoms with E-state index in [0.717, 1.165) is 35.9 Å². The van der Waals surface area contributed by atoms with E-state index in [1.54, 1.807) is 6.20 Å². The van der Waals surface area contributed by atoms with Gasteiger partial charge in [0.2, 0.25) is 0 Å². The average molecular weight is 389 g/mol. The molecule has 0 saturated carbocycles. The van der Waals surface area contributed by atoms with Gasteiger partial charge in [-0.3, -0.25) is 4.98 Å². The Morgan fingerprint density at radius 2 is 2.00 bits per heavy atom. The van der Waals surface area contributed by atoms with Crippen LogP contribution in [-0.2, 0) is 11.3 Å². The molecule has 2 aromatic rings. The summed E-state index contributed by atoms with van der Waals surface area (Å²) in [5.41, 5.74) is 2.37. The molecule has 0 radical (unpaired) electrons. The molecule has 0 unspecified atom stereocenters. The molecule has 1 N–H and O–H groups in total. The highest BCUT2D eigenvalue weighted by Gasteiger charge is 2.18. The number of benzene rings is 1. The number of halogens is 1. The molecule has 146 valence electrons. The molecule has 1 aliphatic heterocycles. The van der Waals surface area contributed by atoms with Crippen molar-refractivity contribution in [3.8, 4) is 5.75 Å². The topological polar surface area (TPSA) is 43.4 Å². The number of nitrogens with zero attached hydrogens (tertiary/aromatic N) is 1. The van der Waals surface area contributed by atoms with Gasteiger partial charge >= 0.3 is 0 Å². The van der Waals surface area contributed by atoms with Crippen molar-refractivity contribution in [1.29, 1.82) is 0 Å².